The quantitative estimate of drug-likeness (QED) is 0.740. The summed E-state index contributed by atoms with van der Waals surface area (Å²) in [5.74, 6) is -4.27. The second-order valence-corrected chi connectivity index (χ2v) is 6.46. The zero-order chi connectivity index (χ0) is 19.9. The summed E-state index contributed by atoms with van der Waals surface area (Å²) in [6.45, 7) is -0.464. The van der Waals surface area contributed by atoms with Gasteiger partial charge in [-0.1, -0.05) is 18.2 Å². The van der Waals surface area contributed by atoms with Crippen LogP contribution in [0.4, 0.5) is 19.0 Å². The van der Waals surface area contributed by atoms with Crippen molar-refractivity contribution < 1.29 is 22.4 Å². The maximum Gasteiger partial charge on any atom is 0.286 e. The number of oxazole rings is 1. The minimum absolute atomic E-state index is 0.0506. The van der Waals surface area contributed by atoms with Gasteiger partial charge in [-0.05, 0) is 12.1 Å². The average Bonchev–Trinajstić information content (AvgIpc) is 3.28. The number of carbonyl (C=O) groups is 1. The molecule has 0 spiro atoms. The van der Waals surface area contributed by atoms with E-state index in [1.807, 2.05) is 0 Å². The number of aromatic nitrogens is 2. The number of alkyl halides is 2. The smallest absolute Gasteiger partial charge is 0.286 e. The molecule has 2 aromatic heterocycles. The number of halogens is 3. The third-order valence-electron chi connectivity index (χ3n) is 4.53. The fourth-order valence-electron chi connectivity index (χ4n) is 3.23. The molecule has 6 nitrogen and oxygen atoms in total. The molecule has 0 bridgehead atoms. The van der Waals surface area contributed by atoms with Crippen LogP contribution in [0.2, 0.25) is 0 Å². The topological polar surface area (TPSA) is 85.2 Å². The Kier molecular flexibility index (Phi) is 4.29. The minimum Gasteiger partial charge on any atom is -0.431 e. The van der Waals surface area contributed by atoms with Gasteiger partial charge in [-0.25, -0.2) is 23.1 Å². The van der Waals surface area contributed by atoms with Crippen LogP contribution in [-0.4, -0.2) is 34.9 Å². The van der Waals surface area contributed by atoms with Crippen molar-refractivity contribution in [2.45, 2.75) is 12.3 Å². The maximum atomic E-state index is 14.5. The second-order valence-electron chi connectivity index (χ2n) is 6.46. The van der Waals surface area contributed by atoms with Gasteiger partial charge in [0.2, 0.25) is 11.7 Å². The highest BCUT2D eigenvalue weighted by atomic mass is 19.3. The summed E-state index contributed by atoms with van der Waals surface area (Å²) in [5, 5.41) is 0. The lowest BCUT2D eigenvalue weighted by molar-refractivity contribution is 0.0256. The molecule has 3 aromatic rings. The summed E-state index contributed by atoms with van der Waals surface area (Å²) >= 11 is 0. The SMILES string of the molecule is NC(=O)c1cnc(-c2c(-c3ccccc3F)ccnc2N2CCC(F)(F)C2)o1. The first-order chi connectivity index (χ1) is 13.4. The summed E-state index contributed by atoms with van der Waals surface area (Å²) in [7, 11) is 0. The minimum atomic E-state index is -2.86. The monoisotopic (exact) mass is 388 g/mol. The van der Waals surface area contributed by atoms with Gasteiger partial charge in [0.25, 0.3) is 11.8 Å². The summed E-state index contributed by atoms with van der Waals surface area (Å²) in [6, 6.07) is 7.57. The molecule has 2 N–H and O–H groups in total. The molecule has 9 heteroatoms. The lowest BCUT2D eigenvalue weighted by Gasteiger charge is -2.21. The van der Waals surface area contributed by atoms with Crippen molar-refractivity contribution in [1.29, 1.82) is 0 Å². The van der Waals surface area contributed by atoms with Crippen molar-refractivity contribution >= 4 is 11.7 Å². The number of primary amides is 1. The molecule has 1 aromatic carbocycles. The Balaban J connectivity index is 1.93. The van der Waals surface area contributed by atoms with Crippen LogP contribution in [0.5, 0.6) is 0 Å². The Morgan fingerprint density at radius 3 is 2.61 bits per heavy atom. The Hall–Kier alpha value is -3.36. The number of benzene rings is 1. The van der Waals surface area contributed by atoms with Gasteiger partial charge in [0.1, 0.15) is 11.6 Å². The van der Waals surface area contributed by atoms with Crippen LogP contribution < -0.4 is 10.6 Å². The molecule has 1 saturated heterocycles. The number of hydrogen-bond donors (Lipinski definition) is 1. The number of hydrogen-bond acceptors (Lipinski definition) is 5. The van der Waals surface area contributed by atoms with E-state index in [1.54, 1.807) is 18.2 Å². The summed E-state index contributed by atoms with van der Waals surface area (Å²) in [6.07, 6.45) is 2.23. The van der Waals surface area contributed by atoms with E-state index in [0.29, 0.717) is 5.56 Å². The van der Waals surface area contributed by atoms with Crippen molar-refractivity contribution in [3.05, 3.63) is 54.3 Å². The predicted octanol–water partition coefficient (Wildman–Crippen LogP) is 3.49. The van der Waals surface area contributed by atoms with E-state index in [1.165, 1.54) is 23.2 Å². The lowest BCUT2D eigenvalue weighted by atomic mass is 10.00. The van der Waals surface area contributed by atoms with Crippen LogP contribution in [0.25, 0.3) is 22.6 Å². The number of amides is 1. The lowest BCUT2D eigenvalue weighted by Crippen LogP contribution is -2.26. The number of carbonyl (C=O) groups excluding carboxylic acids is 1. The molecule has 0 radical (unpaired) electrons. The largest absolute Gasteiger partial charge is 0.431 e. The molecule has 3 heterocycles. The van der Waals surface area contributed by atoms with Crippen molar-refractivity contribution in [3.8, 4) is 22.6 Å². The van der Waals surface area contributed by atoms with Gasteiger partial charge >= 0.3 is 0 Å². The first-order valence-corrected chi connectivity index (χ1v) is 8.48. The number of nitrogens with zero attached hydrogens (tertiary/aromatic N) is 3. The molecule has 4 rings (SSSR count). The van der Waals surface area contributed by atoms with Crippen molar-refractivity contribution in [2.24, 2.45) is 5.73 Å². The van der Waals surface area contributed by atoms with Crippen LogP contribution in [0, 0.1) is 5.82 Å². The zero-order valence-electron chi connectivity index (χ0n) is 14.5. The Labute approximate surface area is 157 Å². The van der Waals surface area contributed by atoms with Gasteiger partial charge in [0.05, 0.1) is 18.3 Å². The van der Waals surface area contributed by atoms with Crippen molar-refractivity contribution in [3.63, 3.8) is 0 Å². The molecule has 1 aliphatic rings. The van der Waals surface area contributed by atoms with Crippen molar-refractivity contribution in [2.75, 3.05) is 18.0 Å². The van der Waals surface area contributed by atoms with Crippen LogP contribution >= 0.6 is 0 Å². The highest BCUT2D eigenvalue weighted by molar-refractivity contribution is 5.92. The third-order valence-corrected chi connectivity index (χ3v) is 4.53. The molecular formula is C19H15F3N4O2. The molecule has 1 amide bonds. The second kappa shape index (κ2) is 6.66. The Bertz CT molecular complexity index is 1050. The average molecular weight is 388 g/mol. The fourth-order valence-corrected chi connectivity index (χ4v) is 3.23. The summed E-state index contributed by atoms with van der Waals surface area (Å²) in [4.78, 5) is 21.1. The van der Waals surface area contributed by atoms with Crippen LogP contribution in [0.1, 0.15) is 17.0 Å². The van der Waals surface area contributed by atoms with E-state index in [9.17, 15) is 18.0 Å². The van der Waals surface area contributed by atoms with E-state index >= 15 is 0 Å². The van der Waals surface area contributed by atoms with E-state index < -0.39 is 24.2 Å². The Morgan fingerprint density at radius 2 is 1.96 bits per heavy atom. The van der Waals surface area contributed by atoms with Gasteiger partial charge in [-0.3, -0.25) is 4.79 Å². The molecule has 1 aliphatic heterocycles. The molecule has 144 valence electrons. The molecular weight excluding hydrogens is 373 g/mol. The molecule has 1 fully saturated rings. The standard InChI is InChI=1S/C19H15F3N4O2/c20-13-4-2-1-3-11(13)12-5-7-24-17(26-8-6-19(21,22)10-26)15(12)18-25-9-14(28-18)16(23)27/h1-5,7,9H,6,8,10H2,(H2,23,27). The van der Waals surface area contributed by atoms with Crippen LogP contribution in [0.3, 0.4) is 0 Å². The molecule has 0 aliphatic carbocycles. The number of nitrogens with two attached hydrogens (primary N) is 1. The van der Waals surface area contributed by atoms with Gasteiger partial charge < -0.3 is 15.1 Å². The van der Waals surface area contributed by atoms with Crippen LogP contribution in [-0.2, 0) is 0 Å². The number of pyridine rings is 1. The van der Waals surface area contributed by atoms with Gasteiger partial charge in [-0.15, -0.1) is 0 Å². The van der Waals surface area contributed by atoms with Crippen molar-refractivity contribution in [1.82, 2.24) is 9.97 Å². The molecule has 0 unspecified atom stereocenters. The number of anilines is 1. The molecule has 28 heavy (non-hydrogen) atoms. The maximum absolute atomic E-state index is 14.5. The molecule has 0 saturated carbocycles. The van der Waals surface area contributed by atoms with E-state index in [-0.39, 0.29) is 41.6 Å². The van der Waals surface area contributed by atoms with Crippen LogP contribution in [0.15, 0.2) is 47.1 Å². The fraction of sp³-hybridized carbons (Fsp3) is 0.211. The first kappa shape index (κ1) is 18.0. The first-order valence-electron chi connectivity index (χ1n) is 8.48. The highest BCUT2D eigenvalue weighted by Gasteiger charge is 2.40. The normalized spacial score (nSPS) is 15.8. The van der Waals surface area contributed by atoms with Gasteiger partial charge in [0, 0.05) is 30.3 Å². The van der Waals surface area contributed by atoms with E-state index in [2.05, 4.69) is 9.97 Å². The molecule has 0 atom stereocenters. The van der Waals surface area contributed by atoms with E-state index in [4.69, 9.17) is 10.2 Å². The third kappa shape index (κ3) is 3.19. The Morgan fingerprint density at radius 1 is 1.18 bits per heavy atom. The summed E-state index contributed by atoms with van der Waals surface area (Å²) in [5.41, 5.74) is 6.02. The van der Waals surface area contributed by atoms with E-state index in [0.717, 1.165) is 6.20 Å². The van der Waals surface area contributed by atoms with Gasteiger partial charge in [0.15, 0.2) is 0 Å². The predicted molar refractivity (Wildman–Crippen MR) is 95.4 cm³/mol. The van der Waals surface area contributed by atoms with Gasteiger partial charge in [-0.2, -0.15) is 0 Å². The number of rotatable bonds is 4. The zero-order valence-corrected chi connectivity index (χ0v) is 14.5. The summed E-state index contributed by atoms with van der Waals surface area (Å²) < 4.78 is 47.4. The highest BCUT2D eigenvalue weighted by Crippen LogP contribution is 2.41.